The van der Waals surface area contributed by atoms with Gasteiger partial charge in [0.25, 0.3) is 5.91 Å². The lowest BCUT2D eigenvalue weighted by molar-refractivity contribution is 0.0904. The number of piperidine rings is 1. The van der Waals surface area contributed by atoms with E-state index in [1.165, 1.54) is 28.7 Å². The fourth-order valence-electron chi connectivity index (χ4n) is 4.73. The standard InChI is InChI=1S/C29H26Cl2N6O2S2/c30-22-9-8-21(15-23(22)31)37-27(25-7-4-14-39-25)34-35-29(37)41-18-26-33-24(17-40-26)28(38)32-20-10-12-36(13-11-20)16-19-5-2-1-3-6-19/h1-9,14-15,17,20H,10-13,16,18H2,(H,32,38). The number of amides is 1. The molecule has 210 valence electrons. The van der Waals surface area contributed by atoms with Gasteiger partial charge in [-0.1, -0.05) is 65.3 Å². The molecule has 1 N–H and O–H groups in total. The Balaban J connectivity index is 1.08. The zero-order valence-corrected chi connectivity index (χ0v) is 25.0. The molecule has 0 bridgehead atoms. The van der Waals surface area contributed by atoms with Crippen molar-refractivity contribution >= 4 is 52.2 Å². The molecule has 0 radical (unpaired) electrons. The maximum absolute atomic E-state index is 13.0. The van der Waals surface area contributed by atoms with Gasteiger partial charge in [-0.15, -0.1) is 21.5 Å². The Morgan fingerprint density at radius 2 is 1.88 bits per heavy atom. The van der Waals surface area contributed by atoms with E-state index in [0.717, 1.165) is 43.2 Å². The van der Waals surface area contributed by atoms with E-state index < -0.39 is 0 Å². The number of halogens is 2. The highest BCUT2D eigenvalue weighted by molar-refractivity contribution is 7.98. The number of likely N-dealkylation sites (tertiary alicyclic amines) is 1. The van der Waals surface area contributed by atoms with Crippen LogP contribution in [0.4, 0.5) is 0 Å². The summed E-state index contributed by atoms with van der Waals surface area (Å²) in [5.74, 6) is 1.52. The monoisotopic (exact) mass is 624 g/mol. The van der Waals surface area contributed by atoms with Crippen molar-refractivity contribution in [1.29, 1.82) is 0 Å². The third-order valence-corrected chi connectivity index (χ3v) is 9.53. The van der Waals surface area contributed by atoms with Crippen molar-refractivity contribution in [2.24, 2.45) is 0 Å². The van der Waals surface area contributed by atoms with E-state index in [1.807, 2.05) is 28.1 Å². The number of furan rings is 1. The maximum atomic E-state index is 13.0. The molecule has 2 aromatic carbocycles. The van der Waals surface area contributed by atoms with Crippen molar-refractivity contribution < 1.29 is 9.21 Å². The lowest BCUT2D eigenvalue weighted by atomic mass is 10.0. The van der Waals surface area contributed by atoms with E-state index in [0.29, 0.717) is 38.2 Å². The predicted octanol–water partition coefficient (Wildman–Crippen LogP) is 6.98. The van der Waals surface area contributed by atoms with Gasteiger partial charge >= 0.3 is 0 Å². The molecule has 1 saturated heterocycles. The van der Waals surface area contributed by atoms with Crippen LogP contribution in [0.5, 0.6) is 0 Å². The molecular formula is C29H26Cl2N6O2S2. The number of nitrogens with one attached hydrogen (secondary N) is 1. The zero-order chi connectivity index (χ0) is 28.2. The molecule has 6 rings (SSSR count). The molecule has 0 unspecified atom stereocenters. The van der Waals surface area contributed by atoms with Crippen LogP contribution in [0.15, 0.2) is 81.9 Å². The van der Waals surface area contributed by atoms with Crippen LogP contribution in [-0.4, -0.2) is 49.7 Å². The van der Waals surface area contributed by atoms with Gasteiger partial charge in [0.15, 0.2) is 10.9 Å². The van der Waals surface area contributed by atoms with Crippen molar-refractivity contribution in [2.45, 2.75) is 36.3 Å². The smallest absolute Gasteiger partial charge is 0.270 e. The molecule has 5 aromatic rings. The number of thiazole rings is 1. The highest BCUT2D eigenvalue weighted by Crippen LogP contribution is 2.33. The second-order valence-corrected chi connectivity index (χ2v) is 12.3. The first-order valence-electron chi connectivity index (χ1n) is 13.1. The summed E-state index contributed by atoms with van der Waals surface area (Å²) in [7, 11) is 0. The molecule has 1 aliphatic rings. The highest BCUT2D eigenvalue weighted by Gasteiger charge is 2.23. The van der Waals surface area contributed by atoms with Crippen LogP contribution in [0.1, 0.15) is 33.9 Å². The number of carbonyl (C=O) groups excluding carboxylic acids is 1. The summed E-state index contributed by atoms with van der Waals surface area (Å²) >= 11 is 15.4. The minimum absolute atomic E-state index is 0.127. The van der Waals surface area contributed by atoms with E-state index in [-0.39, 0.29) is 11.9 Å². The van der Waals surface area contributed by atoms with Crippen LogP contribution in [-0.2, 0) is 12.3 Å². The average molecular weight is 626 g/mol. The predicted molar refractivity (Wildman–Crippen MR) is 163 cm³/mol. The van der Waals surface area contributed by atoms with Crippen molar-refractivity contribution in [1.82, 2.24) is 30.0 Å². The van der Waals surface area contributed by atoms with Gasteiger partial charge in [0.2, 0.25) is 5.82 Å². The first kappa shape index (κ1) is 28.0. The number of hydrogen-bond donors (Lipinski definition) is 1. The molecule has 41 heavy (non-hydrogen) atoms. The molecule has 0 saturated carbocycles. The normalized spacial score (nSPS) is 14.4. The molecule has 0 atom stereocenters. The Bertz CT molecular complexity index is 1620. The first-order chi connectivity index (χ1) is 20.0. The Hall–Kier alpha value is -3.15. The van der Waals surface area contributed by atoms with Gasteiger partial charge in [0.05, 0.1) is 27.7 Å². The maximum Gasteiger partial charge on any atom is 0.270 e. The first-order valence-corrected chi connectivity index (χ1v) is 15.7. The molecule has 1 aliphatic heterocycles. The summed E-state index contributed by atoms with van der Waals surface area (Å²) in [5.41, 5.74) is 2.52. The lowest BCUT2D eigenvalue weighted by Crippen LogP contribution is -2.44. The number of hydrogen-bond acceptors (Lipinski definition) is 8. The Morgan fingerprint density at radius 1 is 1.05 bits per heavy atom. The molecule has 1 fully saturated rings. The third-order valence-electron chi connectivity index (χ3n) is 6.82. The number of thioether (sulfide) groups is 1. The Kier molecular flexibility index (Phi) is 8.73. The summed E-state index contributed by atoms with van der Waals surface area (Å²) < 4.78 is 7.46. The fraction of sp³-hybridized carbons (Fsp3) is 0.241. The molecule has 4 heterocycles. The molecule has 3 aromatic heterocycles. The molecular weight excluding hydrogens is 599 g/mol. The van der Waals surface area contributed by atoms with Crippen LogP contribution in [0, 0.1) is 0 Å². The quantitative estimate of drug-likeness (QED) is 0.177. The van der Waals surface area contributed by atoms with Crippen molar-refractivity contribution in [2.75, 3.05) is 13.1 Å². The van der Waals surface area contributed by atoms with Crippen molar-refractivity contribution in [3.63, 3.8) is 0 Å². The zero-order valence-electron chi connectivity index (χ0n) is 21.9. The number of carbonyl (C=O) groups is 1. The van der Waals surface area contributed by atoms with Gasteiger partial charge in [0.1, 0.15) is 10.7 Å². The van der Waals surface area contributed by atoms with E-state index in [9.17, 15) is 4.79 Å². The summed E-state index contributed by atoms with van der Waals surface area (Å²) in [6.45, 7) is 2.85. The molecule has 8 nitrogen and oxygen atoms in total. The summed E-state index contributed by atoms with van der Waals surface area (Å²) in [6, 6.07) is 19.6. The lowest BCUT2D eigenvalue weighted by Gasteiger charge is -2.32. The second kappa shape index (κ2) is 12.8. The van der Waals surface area contributed by atoms with Gasteiger partial charge in [-0.05, 0) is 48.7 Å². The summed E-state index contributed by atoms with van der Waals surface area (Å²) in [4.78, 5) is 20.0. The van der Waals surface area contributed by atoms with Gasteiger partial charge in [-0.3, -0.25) is 14.3 Å². The van der Waals surface area contributed by atoms with E-state index in [4.69, 9.17) is 27.6 Å². The van der Waals surface area contributed by atoms with Gasteiger partial charge in [-0.2, -0.15) is 0 Å². The van der Waals surface area contributed by atoms with E-state index in [1.54, 1.807) is 24.5 Å². The number of aromatic nitrogens is 4. The third kappa shape index (κ3) is 6.68. The van der Waals surface area contributed by atoms with E-state index in [2.05, 4.69) is 49.7 Å². The van der Waals surface area contributed by atoms with Gasteiger partial charge in [0, 0.05) is 31.1 Å². The molecule has 1 amide bonds. The van der Waals surface area contributed by atoms with E-state index >= 15 is 0 Å². The summed E-state index contributed by atoms with van der Waals surface area (Å²) in [6.07, 6.45) is 3.44. The largest absolute Gasteiger partial charge is 0.461 e. The van der Waals surface area contributed by atoms with Crippen LogP contribution in [0.2, 0.25) is 10.0 Å². The molecule has 0 aliphatic carbocycles. The number of benzene rings is 2. The Labute approximate surface area is 255 Å². The van der Waals surface area contributed by atoms with Crippen LogP contribution in [0.25, 0.3) is 17.3 Å². The summed E-state index contributed by atoms with van der Waals surface area (Å²) in [5, 5.41) is 16.1. The van der Waals surface area contributed by atoms with Crippen LogP contribution < -0.4 is 5.32 Å². The van der Waals surface area contributed by atoms with Crippen LogP contribution >= 0.6 is 46.3 Å². The molecule has 0 spiro atoms. The number of rotatable bonds is 9. The number of nitrogens with zero attached hydrogens (tertiary/aromatic N) is 5. The average Bonchev–Trinajstić information content (AvgIpc) is 3.76. The minimum atomic E-state index is -0.127. The SMILES string of the molecule is O=C(NC1CCN(Cc2ccccc2)CC1)c1csc(CSc2nnc(-c3ccco3)n2-c2ccc(Cl)c(Cl)c2)n1. The van der Waals surface area contributed by atoms with Crippen molar-refractivity contribution in [3.05, 3.63) is 98.6 Å². The topological polar surface area (TPSA) is 89.1 Å². The Morgan fingerprint density at radius 3 is 2.63 bits per heavy atom. The van der Waals surface area contributed by atoms with Gasteiger partial charge in [-0.25, -0.2) is 4.98 Å². The molecule has 12 heteroatoms. The van der Waals surface area contributed by atoms with Crippen molar-refractivity contribution in [3.8, 4) is 17.3 Å². The van der Waals surface area contributed by atoms with Crippen LogP contribution in [0.3, 0.4) is 0 Å². The second-order valence-electron chi connectivity index (χ2n) is 9.64. The highest BCUT2D eigenvalue weighted by atomic mass is 35.5. The fourth-order valence-corrected chi connectivity index (χ4v) is 6.77. The minimum Gasteiger partial charge on any atom is -0.461 e. The van der Waals surface area contributed by atoms with Gasteiger partial charge < -0.3 is 9.73 Å².